The van der Waals surface area contributed by atoms with E-state index in [1.807, 2.05) is 12.1 Å². The number of rotatable bonds is 3. The molecule has 0 aromatic heterocycles. The van der Waals surface area contributed by atoms with Gasteiger partial charge in [-0.1, -0.05) is 0 Å². The Bertz CT molecular complexity index is 594. The molecule has 0 spiro atoms. The molecule has 1 aromatic carbocycles. The van der Waals surface area contributed by atoms with E-state index in [-0.39, 0.29) is 17.7 Å². The number of hydrogen-bond acceptors (Lipinski definition) is 4. The summed E-state index contributed by atoms with van der Waals surface area (Å²) in [7, 11) is 0. The van der Waals surface area contributed by atoms with Crippen LogP contribution in [0.3, 0.4) is 0 Å². The van der Waals surface area contributed by atoms with Crippen LogP contribution in [0.4, 0.5) is 5.69 Å². The van der Waals surface area contributed by atoms with E-state index in [1.165, 1.54) is 0 Å². The largest absolute Gasteiger partial charge is 0.478 e. The van der Waals surface area contributed by atoms with Crippen molar-refractivity contribution in [2.75, 3.05) is 18.0 Å². The number of fused-ring (bicyclic) bond motifs is 2. The van der Waals surface area contributed by atoms with Crippen molar-refractivity contribution in [1.82, 2.24) is 4.90 Å². The average molecular weight is 304 g/mol. The van der Waals surface area contributed by atoms with Gasteiger partial charge in [-0.25, -0.2) is 4.79 Å². The third-order valence-corrected chi connectivity index (χ3v) is 4.92. The van der Waals surface area contributed by atoms with Crippen LogP contribution in [0.15, 0.2) is 18.2 Å². The minimum atomic E-state index is -0.988. The fourth-order valence-corrected chi connectivity index (χ4v) is 3.90. The van der Waals surface area contributed by atoms with E-state index >= 15 is 0 Å². The van der Waals surface area contributed by atoms with Crippen LogP contribution in [-0.2, 0) is 6.61 Å². The number of piperazine rings is 1. The van der Waals surface area contributed by atoms with Gasteiger partial charge in [0.25, 0.3) is 0 Å². The van der Waals surface area contributed by atoms with Crippen molar-refractivity contribution in [2.24, 2.45) is 0 Å². The van der Waals surface area contributed by atoms with Gasteiger partial charge in [0.1, 0.15) is 0 Å². The van der Waals surface area contributed by atoms with Gasteiger partial charge >= 0.3 is 5.97 Å². The molecular weight excluding hydrogens is 280 g/mol. The number of carboxylic acid groups (broad SMARTS) is 1. The molecule has 2 bridgehead atoms. The number of anilines is 1. The van der Waals surface area contributed by atoms with E-state index < -0.39 is 5.97 Å². The van der Waals surface area contributed by atoms with Gasteiger partial charge in [-0.05, 0) is 51.0 Å². The zero-order valence-electron chi connectivity index (χ0n) is 13.4. The molecule has 2 N–H and O–H groups in total. The second-order valence-corrected chi connectivity index (χ2v) is 7.32. The molecule has 2 aliphatic rings. The van der Waals surface area contributed by atoms with Gasteiger partial charge < -0.3 is 15.1 Å². The summed E-state index contributed by atoms with van der Waals surface area (Å²) in [5.41, 5.74) is 1.89. The number of benzene rings is 1. The van der Waals surface area contributed by atoms with E-state index in [0.717, 1.165) is 25.2 Å². The monoisotopic (exact) mass is 304 g/mol. The average Bonchev–Trinajstić information content (AvgIpc) is 3.05. The van der Waals surface area contributed by atoms with Crippen LogP contribution in [0.2, 0.25) is 0 Å². The molecular formula is C17H24N2O3. The lowest BCUT2D eigenvalue weighted by atomic mass is 10.0. The molecule has 0 aliphatic carbocycles. The minimum Gasteiger partial charge on any atom is -0.478 e. The topological polar surface area (TPSA) is 64.0 Å². The molecule has 3 rings (SSSR count). The van der Waals surface area contributed by atoms with Gasteiger partial charge in [-0.2, -0.15) is 0 Å². The Labute approximate surface area is 131 Å². The van der Waals surface area contributed by atoms with E-state index in [4.69, 9.17) is 5.11 Å². The van der Waals surface area contributed by atoms with E-state index in [2.05, 4.69) is 30.6 Å². The van der Waals surface area contributed by atoms with Gasteiger partial charge in [0.15, 0.2) is 0 Å². The van der Waals surface area contributed by atoms with Crippen molar-refractivity contribution in [3.8, 4) is 0 Å². The van der Waals surface area contributed by atoms with E-state index in [9.17, 15) is 9.90 Å². The Morgan fingerprint density at radius 3 is 2.50 bits per heavy atom. The number of nitrogens with zero attached hydrogens (tertiary/aromatic N) is 2. The Hall–Kier alpha value is -1.59. The number of aliphatic hydroxyl groups is 1. The summed E-state index contributed by atoms with van der Waals surface area (Å²) in [6.07, 6.45) is 1.16. The van der Waals surface area contributed by atoms with Crippen molar-refractivity contribution in [3.05, 3.63) is 29.3 Å². The first-order valence-electron chi connectivity index (χ1n) is 7.81. The SMILES string of the molecule is CC(C)(C)N1CC2CC1CN2c1ccc(C(=O)O)c(CO)c1. The molecule has 120 valence electrons. The molecule has 2 saturated heterocycles. The Morgan fingerprint density at radius 1 is 1.27 bits per heavy atom. The molecule has 22 heavy (non-hydrogen) atoms. The second-order valence-electron chi connectivity index (χ2n) is 7.32. The van der Waals surface area contributed by atoms with Crippen molar-refractivity contribution >= 4 is 11.7 Å². The molecule has 0 saturated carbocycles. The molecule has 2 fully saturated rings. The first kappa shape index (κ1) is 15.3. The van der Waals surface area contributed by atoms with Crippen molar-refractivity contribution in [3.63, 3.8) is 0 Å². The van der Waals surface area contributed by atoms with Crippen LogP contribution in [0.25, 0.3) is 0 Å². The van der Waals surface area contributed by atoms with Crippen molar-refractivity contribution < 1.29 is 15.0 Å². The molecule has 0 radical (unpaired) electrons. The number of carbonyl (C=O) groups is 1. The second kappa shape index (κ2) is 5.25. The highest BCUT2D eigenvalue weighted by Gasteiger charge is 2.46. The predicted octanol–water partition coefficient (Wildman–Crippen LogP) is 1.94. The van der Waals surface area contributed by atoms with Crippen LogP contribution >= 0.6 is 0 Å². The van der Waals surface area contributed by atoms with Crippen LogP contribution in [0.1, 0.15) is 43.1 Å². The number of aromatic carboxylic acids is 1. The first-order valence-corrected chi connectivity index (χ1v) is 7.81. The van der Waals surface area contributed by atoms with Gasteiger partial charge in [0, 0.05) is 36.4 Å². The molecule has 5 heteroatoms. The highest BCUT2D eigenvalue weighted by molar-refractivity contribution is 5.90. The zero-order chi connectivity index (χ0) is 16.1. The molecule has 1 aromatic rings. The fourth-order valence-electron chi connectivity index (χ4n) is 3.90. The molecule has 2 unspecified atom stereocenters. The summed E-state index contributed by atoms with van der Waals surface area (Å²) in [6.45, 7) is 8.53. The van der Waals surface area contributed by atoms with Gasteiger partial charge in [0.2, 0.25) is 0 Å². The number of carboxylic acids is 1. The van der Waals surface area contributed by atoms with Crippen LogP contribution in [0.5, 0.6) is 0 Å². The zero-order valence-corrected chi connectivity index (χ0v) is 13.4. The number of likely N-dealkylation sites (tertiary alicyclic amines) is 1. The Morgan fingerprint density at radius 2 is 2.00 bits per heavy atom. The summed E-state index contributed by atoms with van der Waals surface area (Å²) < 4.78 is 0. The Balaban J connectivity index is 1.82. The maximum absolute atomic E-state index is 11.2. The maximum atomic E-state index is 11.2. The first-order chi connectivity index (χ1) is 10.3. The summed E-state index contributed by atoms with van der Waals surface area (Å²) in [5, 5.41) is 18.6. The van der Waals surface area contributed by atoms with Gasteiger partial charge in [0.05, 0.1) is 12.2 Å². The molecule has 0 amide bonds. The van der Waals surface area contributed by atoms with Crippen molar-refractivity contribution in [1.29, 1.82) is 0 Å². The smallest absolute Gasteiger partial charge is 0.336 e. The fraction of sp³-hybridized carbons (Fsp3) is 0.588. The highest BCUT2D eigenvalue weighted by Crippen LogP contribution is 2.38. The number of hydrogen-bond donors (Lipinski definition) is 2. The maximum Gasteiger partial charge on any atom is 0.336 e. The molecule has 2 atom stereocenters. The van der Waals surface area contributed by atoms with E-state index in [1.54, 1.807) is 6.07 Å². The summed E-state index contributed by atoms with van der Waals surface area (Å²) in [4.78, 5) is 16.1. The van der Waals surface area contributed by atoms with Gasteiger partial charge in [-0.15, -0.1) is 0 Å². The Kier molecular flexibility index (Phi) is 3.65. The number of aliphatic hydroxyl groups excluding tert-OH is 1. The lowest BCUT2D eigenvalue weighted by Gasteiger charge is -2.42. The van der Waals surface area contributed by atoms with Gasteiger partial charge in [-0.3, -0.25) is 4.90 Å². The standard InChI is InChI=1S/C17H24N2O3/c1-17(2,3)19-9-13-7-14(19)8-18(13)12-4-5-15(16(21)22)11(6-12)10-20/h4-6,13-14,20H,7-10H2,1-3H3,(H,21,22). The normalized spacial score (nSPS) is 25.0. The lowest BCUT2D eigenvalue weighted by molar-refractivity contribution is 0.0693. The molecule has 2 aliphatic heterocycles. The van der Waals surface area contributed by atoms with E-state index in [0.29, 0.717) is 17.6 Å². The summed E-state index contributed by atoms with van der Waals surface area (Å²) in [5.74, 6) is -0.988. The summed E-state index contributed by atoms with van der Waals surface area (Å²) >= 11 is 0. The molecule has 2 heterocycles. The minimum absolute atomic E-state index is 0.187. The highest BCUT2D eigenvalue weighted by atomic mass is 16.4. The third-order valence-electron chi connectivity index (χ3n) is 4.92. The van der Waals surface area contributed by atoms with Crippen LogP contribution in [0, 0.1) is 0 Å². The van der Waals surface area contributed by atoms with Crippen LogP contribution < -0.4 is 4.90 Å². The molecule has 5 nitrogen and oxygen atoms in total. The van der Waals surface area contributed by atoms with Crippen LogP contribution in [-0.4, -0.2) is 51.8 Å². The quantitative estimate of drug-likeness (QED) is 0.893. The predicted molar refractivity (Wildman–Crippen MR) is 85.3 cm³/mol. The third kappa shape index (κ3) is 2.48. The summed E-state index contributed by atoms with van der Waals surface area (Å²) in [6, 6.07) is 6.33. The van der Waals surface area contributed by atoms with Crippen molar-refractivity contribution in [2.45, 2.75) is 51.4 Å². The lowest BCUT2D eigenvalue weighted by Crippen LogP contribution is -2.53.